The summed E-state index contributed by atoms with van der Waals surface area (Å²) < 4.78 is 11.6. The highest BCUT2D eigenvalue weighted by Crippen LogP contribution is 2.52. The summed E-state index contributed by atoms with van der Waals surface area (Å²) in [5.74, 6) is 1.43. The maximum absolute atomic E-state index is 10.4. The Hall–Kier alpha value is -0.740. The highest BCUT2D eigenvalue weighted by molar-refractivity contribution is 9.10. The lowest BCUT2D eigenvalue weighted by Crippen LogP contribution is -2.11. The molecule has 1 fully saturated rings. The number of methoxy groups -OCH3 is 2. The van der Waals surface area contributed by atoms with Crippen LogP contribution in [-0.2, 0) is 12.0 Å². The van der Waals surface area contributed by atoms with E-state index in [-0.39, 0.29) is 0 Å². The second-order valence-corrected chi connectivity index (χ2v) is 5.19. The Bertz CT molecular complexity index is 439. The number of aliphatic hydroxyl groups is 1. The number of hydrogen-bond donors (Lipinski definition) is 1. The summed E-state index contributed by atoms with van der Waals surface area (Å²) in [4.78, 5) is 0. The second kappa shape index (κ2) is 4.50. The molecule has 1 aromatic carbocycles. The zero-order valence-electron chi connectivity index (χ0n) is 10.3. The molecule has 1 N–H and O–H groups in total. The van der Waals surface area contributed by atoms with Gasteiger partial charge in [-0.3, -0.25) is 0 Å². The van der Waals surface area contributed by atoms with Crippen molar-refractivity contribution in [3.05, 3.63) is 21.7 Å². The molecule has 1 saturated carbocycles. The summed E-state index contributed by atoms with van der Waals surface area (Å²) in [6.07, 6.45) is 2.43. The average molecular weight is 301 g/mol. The number of ether oxygens (including phenoxy) is 2. The van der Waals surface area contributed by atoms with Gasteiger partial charge in [0.2, 0.25) is 0 Å². The van der Waals surface area contributed by atoms with Gasteiger partial charge in [-0.15, -0.1) is 0 Å². The zero-order valence-corrected chi connectivity index (χ0v) is 11.9. The van der Waals surface area contributed by atoms with Crippen molar-refractivity contribution in [3.8, 4) is 11.5 Å². The summed E-state index contributed by atoms with van der Waals surface area (Å²) in [6.45, 7) is 2.05. The van der Waals surface area contributed by atoms with Crippen molar-refractivity contribution in [1.29, 1.82) is 0 Å². The number of hydrogen-bond acceptors (Lipinski definition) is 3. The van der Waals surface area contributed by atoms with Crippen molar-refractivity contribution in [2.45, 2.75) is 31.8 Å². The Labute approximate surface area is 110 Å². The van der Waals surface area contributed by atoms with E-state index in [4.69, 9.17) is 9.47 Å². The van der Waals surface area contributed by atoms with Crippen LogP contribution in [0.2, 0.25) is 0 Å². The fourth-order valence-corrected chi connectivity index (χ4v) is 3.06. The van der Waals surface area contributed by atoms with Crippen molar-refractivity contribution >= 4 is 15.9 Å². The first-order chi connectivity index (χ1) is 8.07. The Balaban J connectivity index is 2.66. The van der Waals surface area contributed by atoms with Crippen LogP contribution in [0.5, 0.6) is 11.5 Å². The molecule has 4 heteroatoms. The quantitative estimate of drug-likeness (QED) is 0.929. The van der Waals surface area contributed by atoms with Crippen molar-refractivity contribution in [3.63, 3.8) is 0 Å². The van der Waals surface area contributed by atoms with Crippen LogP contribution in [0.4, 0.5) is 0 Å². The van der Waals surface area contributed by atoms with Crippen LogP contribution in [0.1, 0.15) is 30.9 Å². The van der Waals surface area contributed by atoms with E-state index in [1.54, 1.807) is 14.2 Å². The monoisotopic (exact) mass is 300 g/mol. The largest absolute Gasteiger partial charge is 0.493 e. The molecule has 0 radical (unpaired) electrons. The SMILES string of the molecule is CCc1c(OC)c(OC)cc(Br)c1C1(O)CC1. The van der Waals surface area contributed by atoms with Crippen LogP contribution in [-0.4, -0.2) is 19.3 Å². The maximum atomic E-state index is 10.4. The van der Waals surface area contributed by atoms with Crippen molar-refractivity contribution in [2.75, 3.05) is 14.2 Å². The lowest BCUT2D eigenvalue weighted by atomic mass is 9.97. The average Bonchev–Trinajstić information content (AvgIpc) is 3.06. The van der Waals surface area contributed by atoms with E-state index in [0.717, 1.165) is 40.6 Å². The maximum Gasteiger partial charge on any atom is 0.164 e. The van der Waals surface area contributed by atoms with Gasteiger partial charge in [-0.25, -0.2) is 0 Å². The van der Waals surface area contributed by atoms with Crippen molar-refractivity contribution in [2.24, 2.45) is 0 Å². The van der Waals surface area contributed by atoms with Crippen molar-refractivity contribution in [1.82, 2.24) is 0 Å². The van der Waals surface area contributed by atoms with E-state index in [1.165, 1.54) is 0 Å². The van der Waals surface area contributed by atoms with Gasteiger partial charge in [0, 0.05) is 15.6 Å². The third-order valence-corrected chi connectivity index (χ3v) is 3.89. The summed E-state index contributed by atoms with van der Waals surface area (Å²) in [5, 5.41) is 10.4. The first kappa shape index (κ1) is 12.7. The normalized spacial score (nSPS) is 16.8. The third kappa shape index (κ3) is 2.04. The molecule has 2 rings (SSSR count). The molecule has 0 unspecified atom stereocenters. The van der Waals surface area contributed by atoms with Gasteiger partial charge in [-0.05, 0) is 25.3 Å². The molecular weight excluding hydrogens is 284 g/mol. The van der Waals surface area contributed by atoms with Crippen LogP contribution < -0.4 is 9.47 Å². The molecule has 3 nitrogen and oxygen atoms in total. The molecule has 1 aliphatic carbocycles. The topological polar surface area (TPSA) is 38.7 Å². The number of rotatable bonds is 4. The minimum atomic E-state index is -0.677. The summed E-state index contributed by atoms with van der Waals surface area (Å²) in [5.41, 5.74) is 1.31. The highest BCUT2D eigenvalue weighted by atomic mass is 79.9. The minimum absolute atomic E-state index is 0.677. The number of benzene rings is 1. The molecule has 1 aromatic rings. The Morgan fingerprint density at radius 2 is 2.00 bits per heavy atom. The first-order valence-corrected chi connectivity index (χ1v) is 6.53. The standard InChI is InChI=1S/C13H17BrO3/c1-4-8-11(13(15)5-6-13)9(14)7-10(16-2)12(8)17-3/h7,15H,4-6H2,1-3H3. The molecule has 0 saturated heterocycles. The fraction of sp³-hybridized carbons (Fsp3) is 0.538. The van der Waals surface area contributed by atoms with E-state index in [9.17, 15) is 5.11 Å². The molecule has 1 aliphatic rings. The molecule has 0 aliphatic heterocycles. The van der Waals surface area contributed by atoms with Gasteiger partial charge in [-0.2, -0.15) is 0 Å². The summed E-state index contributed by atoms with van der Waals surface area (Å²) in [6, 6.07) is 1.86. The zero-order chi connectivity index (χ0) is 12.6. The van der Waals surface area contributed by atoms with Gasteiger partial charge in [0.25, 0.3) is 0 Å². The van der Waals surface area contributed by atoms with Gasteiger partial charge in [0.1, 0.15) is 0 Å². The molecule has 0 bridgehead atoms. The lowest BCUT2D eigenvalue weighted by molar-refractivity contribution is 0.149. The van der Waals surface area contributed by atoms with E-state index in [2.05, 4.69) is 22.9 Å². The molecule has 0 heterocycles. The number of halogens is 1. The fourth-order valence-electron chi connectivity index (χ4n) is 2.24. The lowest BCUT2D eigenvalue weighted by Gasteiger charge is -2.20. The van der Waals surface area contributed by atoms with E-state index < -0.39 is 5.60 Å². The summed E-state index contributed by atoms with van der Waals surface area (Å²) >= 11 is 3.52. The Kier molecular flexibility index (Phi) is 3.36. The second-order valence-electron chi connectivity index (χ2n) is 4.33. The van der Waals surface area contributed by atoms with Gasteiger partial charge in [-0.1, -0.05) is 22.9 Å². The van der Waals surface area contributed by atoms with Gasteiger partial charge in [0.05, 0.1) is 19.8 Å². The van der Waals surface area contributed by atoms with E-state index in [0.29, 0.717) is 5.75 Å². The van der Waals surface area contributed by atoms with Crippen LogP contribution in [0.15, 0.2) is 10.5 Å². The summed E-state index contributed by atoms with van der Waals surface area (Å²) in [7, 11) is 3.25. The van der Waals surface area contributed by atoms with Crippen molar-refractivity contribution < 1.29 is 14.6 Å². The van der Waals surface area contributed by atoms with Crippen LogP contribution >= 0.6 is 15.9 Å². The molecular formula is C13H17BrO3. The van der Waals surface area contributed by atoms with Gasteiger partial charge in [0.15, 0.2) is 11.5 Å². The molecule has 0 atom stereocenters. The Morgan fingerprint density at radius 1 is 1.35 bits per heavy atom. The molecule has 17 heavy (non-hydrogen) atoms. The third-order valence-electron chi connectivity index (χ3n) is 3.26. The van der Waals surface area contributed by atoms with Crippen LogP contribution in [0.3, 0.4) is 0 Å². The van der Waals surface area contributed by atoms with Gasteiger partial charge >= 0.3 is 0 Å². The van der Waals surface area contributed by atoms with Crippen LogP contribution in [0, 0.1) is 0 Å². The predicted molar refractivity (Wildman–Crippen MR) is 69.8 cm³/mol. The van der Waals surface area contributed by atoms with E-state index in [1.807, 2.05) is 6.07 Å². The smallest absolute Gasteiger partial charge is 0.164 e. The first-order valence-electron chi connectivity index (χ1n) is 5.73. The highest BCUT2D eigenvalue weighted by Gasteiger charge is 2.45. The molecule has 0 spiro atoms. The Morgan fingerprint density at radius 3 is 2.41 bits per heavy atom. The predicted octanol–water partition coefficient (Wildman–Crippen LogP) is 3.01. The molecule has 94 valence electrons. The van der Waals surface area contributed by atoms with Crippen LogP contribution in [0.25, 0.3) is 0 Å². The minimum Gasteiger partial charge on any atom is -0.493 e. The molecule has 0 amide bonds. The molecule has 0 aromatic heterocycles. The van der Waals surface area contributed by atoms with Gasteiger partial charge < -0.3 is 14.6 Å². The van der Waals surface area contributed by atoms with E-state index >= 15 is 0 Å².